The second-order valence-electron chi connectivity index (χ2n) is 4.59. The van der Waals surface area contributed by atoms with Crippen LogP contribution in [-0.2, 0) is 24.2 Å². The summed E-state index contributed by atoms with van der Waals surface area (Å²) in [5.74, 6) is -1.03. The monoisotopic (exact) mass is 280 g/mol. The van der Waals surface area contributed by atoms with Gasteiger partial charge in [0.15, 0.2) is 0 Å². The molecule has 0 atom stereocenters. The SMILES string of the molecule is O=C(O)CCn1c(=O)[nH]c2sc3c(c2c1=O)CCC3. The zero-order valence-corrected chi connectivity index (χ0v) is 10.9. The van der Waals surface area contributed by atoms with Gasteiger partial charge >= 0.3 is 11.7 Å². The molecular formula is C12H12N2O4S. The largest absolute Gasteiger partial charge is 0.481 e. The number of H-pyrrole nitrogens is 1. The Morgan fingerprint density at radius 3 is 2.89 bits per heavy atom. The first-order valence-electron chi connectivity index (χ1n) is 6.07. The Morgan fingerprint density at radius 2 is 2.16 bits per heavy atom. The molecule has 0 aromatic carbocycles. The van der Waals surface area contributed by atoms with Gasteiger partial charge in [0.05, 0.1) is 11.8 Å². The van der Waals surface area contributed by atoms with Gasteiger partial charge in [-0.25, -0.2) is 4.79 Å². The van der Waals surface area contributed by atoms with Crippen molar-refractivity contribution in [3.05, 3.63) is 31.3 Å². The van der Waals surface area contributed by atoms with E-state index in [1.165, 1.54) is 16.2 Å². The first-order chi connectivity index (χ1) is 9.08. The normalized spacial score (nSPS) is 13.9. The van der Waals surface area contributed by atoms with Crippen LogP contribution in [0.25, 0.3) is 10.2 Å². The molecule has 0 saturated heterocycles. The zero-order chi connectivity index (χ0) is 13.6. The molecule has 2 aromatic rings. The number of aromatic nitrogens is 2. The Labute approximate surface area is 111 Å². The molecular weight excluding hydrogens is 268 g/mol. The van der Waals surface area contributed by atoms with Crippen molar-refractivity contribution in [2.75, 3.05) is 0 Å². The van der Waals surface area contributed by atoms with Crippen LogP contribution >= 0.6 is 11.3 Å². The fourth-order valence-electron chi connectivity index (χ4n) is 2.52. The second-order valence-corrected chi connectivity index (χ2v) is 5.70. The zero-order valence-electron chi connectivity index (χ0n) is 10.1. The summed E-state index contributed by atoms with van der Waals surface area (Å²) in [5, 5.41) is 9.23. The van der Waals surface area contributed by atoms with Crippen LogP contribution < -0.4 is 11.2 Å². The summed E-state index contributed by atoms with van der Waals surface area (Å²) in [6.45, 7) is -0.0932. The minimum atomic E-state index is -1.03. The van der Waals surface area contributed by atoms with Crippen LogP contribution in [0.2, 0.25) is 0 Å². The standard InChI is InChI=1S/C12H12N2O4S/c15-8(16)4-5-14-11(17)9-6-2-1-3-7(6)19-10(9)13-12(14)18/h1-5H2,(H,13,18)(H,15,16). The summed E-state index contributed by atoms with van der Waals surface area (Å²) in [4.78, 5) is 39.2. The van der Waals surface area contributed by atoms with Crippen molar-refractivity contribution in [2.45, 2.75) is 32.2 Å². The molecule has 2 heterocycles. The lowest BCUT2D eigenvalue weighted by Crippen LogP contribution is -2.35. The lowest BCUT2D eigenvalue weighted by molar-refractivity contribution is -0.137. The Hall–Kier alpha value is -1.89. The molecule has 0 spiro atoms. The van der Waals surface area contributed by atoms with E-state index in [0.717, 1.165) is 29.4 Å². The van der Waals surface area contributed by atoms with Gasteiger partial charge in [0.1, 0.15) is 4.83 Å². The molecule has 0 aliphatic heterocycles. The van der Waals surface area contributed by atoms with Crippen molar-refractivity contribution >= 4 is 27.5 Å². The van der Waals surface area contributed by atoms with E-state index in [2.05, 4.69) is 4.98 Å². The summed E-state index contributed by atoms with van der Waals surface area (Å²) in [6, 6.07) is 0. The molecule has 0 fully saturated rings. The summed E-state index contributed by atoms with van der Waals surface area (Å²) >= 11 is 1.46. The maximum atomic E-state index is 12.3. The number of carbonyl (C=O) groups is 1. The Bertz CT molecular complexity index is 783. The highest BCUT2D eigenvalue weighted by atomic mass is 32.1. The molecule has 0 amide bonds. The van der Waals surface area contributed by atoms with E-state index in [9.17, 15) is 14.4 Å². The number of nitrogens with one attached hydrogen (secondary N) is 1. The average molecular weight is 280 g/mol. The van der Waals surface area contributed by atoms with Crippen molar-refractivity contribution in [2.24, 2.45) is 0 Å². The highest BCUT2D eigenvalue weighted by Gasteiger charge is 2.22. The minimum Gasteiger partial charge on any atom is -0.481 e. The minimum absolute atomic E-state index is 0.0932. The highest BCUT2D eigenvalue weighted by molar-refractivity contribution is 7.18. The van der Waals surface area contributed by atoms with Crippen LogP contribution in [0.15, 0.2) is 9.59 Å². The number of aliphatic carboxylic acids is 1. The van der Waals surface area contributed by atoms with Crippen molar-refractivity contribution in [1.82, 2.24) is 9.55 Å². The van der Waals surface area contributed by atoms with Crippen molar-refractivity contribution in [1.29, 1.82) is 0 Å². The molecule has 0 radical (unpaired) electrons. The number of nitrogens with zero attached hydrogens (tertiary/aromatic N) is 1. The van der Waals surface area contributed by atoms with E-state index in [1.54, 1.807) is 0 Å². The molecule has 100 valence electrons. The second kappa shape index (κ2) is 4.34. The van der Waals surface area contributed by atoms with Crippen molar-refractivity contribution < 1.29 is 9.90 Å². The van der Waals surface area contributed by atoms with E-state index in [4.69, 9.17) is 5.11 Å². The van der Waals surface area contributed by atoms with Crippen LogP contribution in [-0.4, -0.2) is 20.6 Å². The van der Waals surface area contributed by atoms with Gasteiger partial charge in [-0.2, -0.15) is 0 Å². The molecule has 0 saturated carbocycles. The third-order valence-electron chi connectivity index (χ3n) is 3.40. The van der Waals surface area contributed by atoms with E-state index < -0.39 is 11.7 Å². The number of carboxylic acids is 1. The van der Waals surface area contributed by atoms with Gasteiger partial charge in [0.25, 0.3) is 5.56 Å². The fourth-order valence-corrected chi connectivity index (χ4v) is 3.79. The molecule has 2 aromatic heterocycles. The number of thiophene rings is 1. The smallest absolute Gasteiger partial charge is 0.329 e. The topological polar surface area (TPSA) is 92.2 Å². The molecule has 0 unspecified atom stereocenters. The number of rotatable bonds is 3. The predicted molar refractivity (Wildman–Crippen MR) is 71.0 cm³/mol. The number of hydrogen-bond acceptors (Lipinski definition) is 4. The molecule has 7 heteroatoms. The maximum absolute atomic E-state index is 12.3. The van der Waals surface area contributed by atoms with Crippen LogP contribution in [0.5, 0.6) is 0 Å². The van der Waals surface area contributed by atoms with E-state index in [1.807, 2.05) is 0 Å². The van der Waals surface area contributed by atoms with Crippen LogP contribution in [0, 0.1) is 0 Å². The van der Waals surface area contributed by atoms with Gasteiger partial charge in [0.2, 0.25) is 0 Å². The molecule has 6 nitrogen and oxygen atoms in total. The first-order valence-corrected chi connectivity index (χ1v) is 6.88. The maximum Gasteiger partial charge on any atom is 0.329 e. The van der Waals surface area contributed by atoms with Gasteiger partial charge in [-0.1, -0.05) is 0 Å². The number of carboxylic acid groups (broad SMARTS) is 1. The predicted octanol–water partition coefficient (Wildman–Crippen LogP) is 0.715. The van der Waals surface area contributed by atoms with Crippen LogP contribution in [0.3, 0.4) is 0 Å². The Morgan fingerprint density at radius 1 is 1.37 bits per heavy atom. The van der Waals surface area contributed by atoms with Crippen molar-refractivity contribution in [3.8, 4) is 0 Å². The fraction of sp³-hybridized carbons (Fsp3) is 0.417. The Balaban J connectivity index is 2.21. The van der Waals surface area contributed by atoms with E-state index in [-0.39, 0.29) is 18.5 Å². The molecule has 1 aliphatic rings. The van der Waals surface area contributed by atoms with Gasteiger partial charge in [-0.15, -0.1) is 11.3 Å². The molecule has 3 rings (SSSR count). The van der Waals surface area contributed by atoms with Crippen LogP contribution in [0.4, 0.5) is 0 Å². The number of hydrogen-bond donors (Lipinski definition) is 2. The Kier molecular flexibility index (Phi) is 2.78. The van der Waals surface area contributed by atoms with Gasteiger partial charge < -0.3 is 5.11 Å². The first kappa shape index (κ1) is 12.2. The van der Waals surface area contributed by atoms with Gasteiger partial charge in [-0.05, 0) is 24.8 Å². The number of aromatic amines is 1. The molecule has 0 bridgehead atoms. The van der Waals surface area contributed by atoms with Gasteiger partial charge in [0, 0.05) is 11.4 Å². The summed E-state index contributed by atoms with van der Waals surface area (Å²) < 4.78 is 0.988. The van der Waals surface area contributed by atoms with Crippen molar-refractivity contribution in [3.63, 3.8) is 0 Å². The quantitative estimate of drug-likeness (QED) is 0.866. The summed E-state index contributed by atoms with van der Waals surface area (Å²) in [7, 11) is 0. The number of fused-ring (bicyclic) bond motifs is 3. The summed E-state index contributed by atoms with van der Waals surface area (Å²) in [5.41, 5.74) is 0.142. The molecule has 1 aliphatic carbocycles. The average Bonchev–Trinajstić information content (AvgIpc) is 2.87. The lowest BCUT2D eigenvalue weighted by atomic mass is 10.2. The number of aryl methyl sites for hydroxylation is 2. The lowest BCUT2D eigenvalue weighted by Gasteiger charge is -2.03. The summed E-state index contributed by atoms with van der Waals surface area (Å²) in [6.07, 6.45) is 2.60. The van der Waals surface area contributed by atoms with E-state index in [0.29, 0.717) is 10.2 Å². The third kappa shape index (κ3) is 1.90. The highest BCUT2D eigenvalue weighted by Crippen LogP contribution is 2.33. The van der Waals surface area contributed by atoms with E-state index >= 15 is 0 Å². The third-order valence-corrected chi connectivity index (χ3v) is 4.60. The molecule has 2 N–H and O–H groups in total. The van der Waals surface area contributed by atoms with Crippen LogP contribution in [0.1, 0.15) is 23.3 Å². The van der Waals surface area contributed by atoms with Gasteiger partial charge in [-0.3, -0.25) is 19.1 Å². The molecule has 19 heavy (non-hydrogen) atoms.